The molecule has 0 radical (unpaired) electrons. The molecule has 3 rings (SSSR count). The summed E-state index contributed by atoms with van der Waals surface area (Å²) in [6.07, 6.45) is 6.67. The third-order valence-corrected chi connectivity index (χ3v) is 7.40. The first-order valence-corrected chi connectivity index (χ1v) is 11.3. The number of nitrogens with zero attached hydrogens (tertiary/aromatic N) is 3. The first-order valence-electron chi connectivity index (χ1n) is 9.40. The molecular weight excluding hydrogens is 467 g/mol. The fourth-order valence-corrected chi connectivity index (χ4v) is 5.22. The third-order valence-electron chi connectivity index (χ3n) is 6.09. The molecule has 0 atom stereocenters. The van der Waals surface area contributed by atoms with E-state index in [-0.39, 0.29) is 24.0 Å². The van der Waals surface area contributed by atoms with Gasteiger partial charge in [-0.25, -0.2) is 12.7 Å². The molecule has 3 aliphatic heterocycles. The topological polar surface area (TPSA) is 74.2 Å². The molecule has 3 fully saturated rings. The zero-order valence-electron chi connectivity index (χ0n) is 15.9. The van der Waals surface area contributed by atoms with Crippen molar-refractivity contribution in [3.8, 4) is 0 Å². The van der Waals surface area contributed by atoms with E-state index in [1.165, 1.54) is 12.7 Å². The standard InChI is InChI=1S/C17H32N4O3S.HI/c1-18-16(20-10-5-17(14-20)6-11-24-12-7-17)19-13-15-3-8-21(9-4-15)25(2,22)23;/h15H,3-14H2,1-2H3,(H,18,19);1H. The van der Waals surface area contributed by atoms with Crippen LogP contribution < -0.4 is 5.32 Å². The van der Waals surface area contributed by atoms with Gasteiger partial charge in [0.1, 0.15) is 0 Å². The molecule has 0 unspecified atom stereocenters. The Bertz CT molecular complexity index is 585. The Morgan fingerprint density at radius 3 is 2.42 bits per heavy atom. The molecule has 152 valence electrons. The summed E-state index contributed by atoms with van der Waals surface area (Å²) in [6.45, 7) is 6.05. The van der Waals surface area contributed by atoms with E-state index in [9.17, 15) is 8.42 Å². The number of hydrogen-bond acceptors (Lipinski definition) is 4. The van der Waals surface area contributed by atoms with Gasteiger partial charge in [0.15, 0.2) is 5.96 Å². The van der Waals surface area contributed by atoms with Gasteiger partial charge in [0.25, 0.3) is 0 Å². The summed E-state index contributed by atoms with van der Waals surface area (Å²) in [6, 6.07) is 0. The van der Waals surface area contributed by atoms with Crippen molar-refractivity contribution in [3.05, 3.63) is 0 Å². The molecule has 3 saturated heterocycles. The fraction of sp³-hybridized carbons (Fsp3) is 0.941. The van der Waals surface area contributed by atoms with Gasteiger partial charge in [-0.3, -0.25) is 4.99 Å². The van der Waals surface area contributed by atoms with Crippen LogP contribution in [0.2, 0.25) is 0 Å². The fourth-order valence-electron chi connectivity index (χ4n) is 4.34. The molecule has 7 nitrogen and oxygen atoms in total. The Morgan fingerprint density at radius 2 is 1.85 bits per heavy atom. The number of guanidine groups is 1. The molecule has 0 aromatic carbocycles. The minimum Gasteiger partial charge on any atom is -0.381 e. The highest BCUT2D eigenvalue weighted by atomic mass is 127. The minimum atomic E-state index is -3.04. The average molecular weight is 500 g/mol. The molecule has 0 amide bonds. The SMILES string of the molecule is CN=C(NCC1CCN(S(C)(=O)=O)CC1)N1CCC2(CCOCC2)C1.I. The van der Waals surface area contributed by atoms with E-state index in [2.05, 4.69) is 15.2 Å². The van der Waals surface area contributed by atoms with E-state index in [1.54, 1.807) is 4.31 Å². The molecule has 3 heterocycles. The monoisotopic (exact) mass is 500 g/mol. The van der Waals surface area contributed by atoms with Crippen LogP contribution in [0.4, 0.5) is 0 Å². The number of rotatable bonds is 3. The lowest BCUT2D eigenvalue weighted by molar-refractivity contribution is 0.0217. The lowest BCUT2D eigenvalue weighted by Gasteiger charge is -2.34. The van der Waals surface area contributed by atoms with Crippen LogP contribution >= 0.6 is 24.0 Å². The summed E-state index contributed by atoms with van der Waals surface area (Å²) in [5.74, 6) is 1.50. The molecule has 0 aromatic heterocycles. The smallest absolute Gasteiger partial charge is 0.211 e. The van der Waals surface area contributed by atoms with Crippen molar-refractivity contribution in [1.29, 1.82) is 0 Å². The Hall–Kier alpha value is -0.130. The van der Waals surface area contributed by atoms with Gasteiger partial charge < -0.3 is 15.0 Å². The molecule has 26 heavy (non-hydrogen) atoms. The van der Waals surface area contributed by atoms with Crippen molar-refractivity contribution in [2.45, 2.75) is 32.1 Å². The predicted molar refractivity (Wildman–Crippen MR) is 115 cm³/mol. The predicted octanol–water partition coefficient (Wildman–Crippen LogP) is 1.35. The van der Waals surface area contributed by atoms with Gasteiger partial charge in [0.2, 0.25) is 10.0 Å². The lowest BCUT2D eigenvalue weighted by atomic mass is 9.80. The molecular formula is C17H33IN4O3S. The third kappa shape index (κ3) is 5.45. The Morgan fingerprint density at radius 1 is 1.19 bits per heavy atom. The molecule has 0 aliphatic carbocycles. The summed E-state index contributed by atoms with van der Waals surface area (Å²) in [4.78, 5) is 6.87. The Balaban J connectivity index is 0.00000243. The second-order valence-electron chi connectivity index (χ2n) is 7.82. The first kappa shape index (κ1) is 22.2. The quantitative estimate of drug-likeness (QED) is 0.360. The van der Waals surface area contributed by atoms with Crippen molar-refractivity contribution in [2.75, 3.05) is 59.2 Å². The van der Waals surface area contributed by atoms with E-state index in [0.717, 1.165) is 64.5 Å². The van der Waals surface area contributed by atoms with E-state index in [4.69, 9.17) is 4.74 Å². The Labute approximate surface area is 175 Å². The molecule has 0 aromatic rings. The summed E-state index contributed by atoms with van der Waals surface area (Å²) < 4.78 is 30.3. The molecule has 0 saturated carbocycles. The molecule has 3 aliphatic rings. The second-order valence-corrected chi connectivity index (χ2v) is 9.80. The van der Waals surface area contributed by atoms with E-state index in [1.807, 2.05) is 7.05 Å². The highest BCUT2D eigenvalue weighted by Crippen LogP contribution is 2.39. The lowest BCUT2D eigenvalue weighted by Crippen LogP contribution is -2.45. The second kappa shape index (κ2) is 9.38. The number of ether oxygens (including phenoxy) is 1. The highest BCUT2D eigenvalue weighted by molar-refractivity contribution is 14.0. The summed E-state index contributed by atoms with van der Waals surface area (Å²) in [7, 11) is -1.19. The number of sulfonamides is 1. The largest absolute Gasteiger partial charge is 0.381 e. The van der Waals surface area contributed by atoms with Crippen molar-refractivity contribution >= 4 is 40.0 Å². The van der Waals surface area contributed by atoms with Crippen LogP contribution in [0.3, 0.4) is 0 Å². The van der Waals surface area contributed by atoms with Crippen LogP contribution in [-0.2, 0) is 14.8 Å². The van der Waals surface area contributed by atoms with Gasteiger partial charge in [-0.2, -0.15) is 0 Å². The minimum absolute atomic E-state index is 0. The van der Waals surface area contributed by atoms with Gasteiger partial charge >= 0.3 is 0 Å². The molecule has 1 N–H and O–H groups in total. The maximum absolute atomic E-state index is 11.6. The van der Waals surface area contributed by atoms with Crippen LogP contribution in [0, 0.1) is 11.3 Å². The van der Waals surface area contributed by atoms with Crippen molar-refractivity contribution < 1.29 is 13.2 Å². The van der Waals surface area contributed by atoms with Gasteiger partial charge in [-0.15, -0.1) is 24.0 Å². The van der Waals surface area contributed by atoms with Gasteiger partial charge in [0, 0.05) is 53.0 Å². The first-order chi connectivity index (χ1) is 11.9. The number of aliphatic imine (C=N–C) groups is 1. The van der Waals surface area contributed by atoms with Crippen LogP contribution in [0.25, 0.3) is 0 Å². The Kier molecular flexibility index (Phi) is 7.99. The van der Waals surface area contributed by atoms with Crippen molar-refractivity contribution in [2.24, 2.45) is 16.3 Å². The number of halogens is 1. The normalized spacial score (nSPS) is 25.3. The highest BCUT2D eigenvalue weighted by Gasteiger charge is 2.40. The van der Waals surface area contributed by atoms with E-state index in [0.29, 0.717) is 24.4 Å². The average Bonchev–Trinajstić information content (AvgIpc) is 2.99. The summed E-state index contributed by atoms with van der Waals surface area (Å²) >= 11 is 0. The zero-order chi connectivity index (χ0) is 17.9. The van der Waals surface area contributed by atoms with E-state index < -0.39 is 10.0 Å². The number of piperidine rings is 1. The molecule has 0 bridgehead atoms. The van der Waals surface area contributed by atoms with Gasteiger partial charge in [0.05, 0.1) is 6.26 Å². The molecule has 9 heteroatoms. The van der Waals surface area contributed by atoms with E-state index >= 15 is 0 Å². The van der Waals surface area contributed by atoms with Gasteiger partial charge in [-0.05, 0) is 43.4 Å². The van der Waals surface area contributed by atoms with Gasteiger partial charge in [-0.1, -0.05) is 0 Å². The maximum Gasteiger partial charge on any atom is 0.211 e. The zero-order valence-corrected chi connectivity index (χ0v) is 19.1. The molecule has 1 spiro atoms. The van der Waals surface area contributed by atoms with Crippen molar-refractivity contribution in [1.82, 2.24) is 14.5 Å². The van der Waals surface area contributed by atoms with Crippen LogP contribution in [0.1, 0.15) is 32.1 Å². The maximum atomic E-state index is 11.6. The summed E-state index contributed by atoms with van der Waals surface area (Å²) in [5, 5.41) is 3.53. The number of hydrogen-bond donors (Lipinski definition) is 1. The number of likely N-dealkylation sites (tertiary alicyclic amines) is 1. The number of nitrogens with one attached hydrogen (secondary N) is 1. The van der Waals surface area contributed by atoms with Crippen LogP contribution in [-0.4, -0.2) is 82.8 Å². The van der Waals surface area contributed by atoms with Crippen molar-refractivity contribution in [3.63, 3.8) is 0 Å². The van der Waals surface area contributed by atoms with Crippen LogP contribution in [0.15, 0.2) is 4.99 Å². The summed E-state index contributed by atoms with van der Waals surface area (Å²) in [5.41, 5.74) is 0.413. The van der Waals surface area contributed by atoms with Crippen LogP contribution in [0.5, 0.6) is 0 Å².